The number of aromatic nitrogens is 3. The maximum absolute atomic E-state index is 12.6. The third-order valence-corrected chi connectivity index (χ3v) is 2.15. The fraction of sp³-hybridized carbons (Fsp3) is 0.182. The van der Waals surface area contributed by atoms with Crippen molar-refractivity contribution in [3.63, 3.8) is 0 Å². The first kappa shape index (κ1) is 10.5. The molecule has 0 aromatic carbocycles. The number of anilines is 1. The van der Waals surface area contributed by atoms with Gasteiger partial charge in [-0.3, -0.25) is 4.98 Å². The summed E-state index contributed by atoms with van der Waals surface area (Å²) in [5.41, 5.74) is 1.02. The Morgan fingerprint density at radius 1 is 1.25 bits per heavy atom. The molecule has 82 valence electrons. The van der Waals surface area contributed by atoms with Gasteiger partial charge in [-0.25, -0.2) is 14.4 Å². The van der Waals surface area contributed by atoms with Gasteiger partial charge in [0.25, 0.3) is 0 Å². The molecule has 2 rings (SSSR count). The van der Waals surface area contributed by atoms with Gasteiger partial charge in [0.15, 0.2) is 5.82 Å². The lowest BCUT2D eigenvalue weighted by Crippen LogP contribution is -2.09. The Labute approximate surface area is 92.6 Å². The molecule has 1 N–H and O–H groups in total. The van der Waals surface area contributed by atoms with E-state index >= 15 is 0 Å². The van der Waals surface area contributed by atoms with Crippen molar-refractivity contribution in [1.29, 1.82) is 0 Å². The van der Waals surface area contributed by atoms with E-state index in [1.165, 1.54) is 0 Å². The molecule has 5 heteroatoms. The fourth-order valence-corrected chi connectivity index (χ4v) is 1.30. The highest BCUT2D eigenvalue weighted by Gasteiger charge is 2.06. The minimum atomic E-state index is -0.445. The van der Waals surface area contributed by atoms with Gasteiger partial charge in [0, 0.05) is 12.4 Å². The predicted molar refractivity (Wildman–Crippen MR) is 58.3 cm³/mol. The molecule has 0 spiro atoms. The number of pyridine rings is 1. The van der Waals surface area contributed by atoms with Gasteiger partial charge in [0.05, 0.1) is 18.4 Å². The Balaban J connectivity index is 2.08. The van der Waals surface area contributed by atoms with Crippen LogP contribution in [-0.2, 0) is 0 Å². The number of hydrogen-bond acceptors (Lipinski definition) is 4. The van der Waals surface area contributed by atoms with Gasteiger partial charge in [-0.1, -0.05) is 6.07 Å². The van der Waals surface area contributed by atoms with Crippen LogP contribution in [0.3, 0.4) is 0 Å². The Kier molecular flexibility index (Phi) is 3.05. The highest BCUT2D eigenvalue weighted by Crippen LogP contribution is 2.14. The van der Waals surface area contributed by atoms with Crippen LogP contribution < -0.4 is 5.32 Å². The Hall–Kier alpha value is -2.04. The minimum Gasteiger partial charge on any atom is -0.348 e. The molecule has 16 heavy (non-hydrogen) atoms. The van der Waals surface area contributed by atoms with E-state index in [1.807, 2.05) is 19.1 Å². The summed E-state index contributed by atoms with van der Waals surface area (Å²) in [5.74, 6) is -0.0441. The summed E-state index contributed by atoms with van der Waals surface area (Å²) in [6, 6.07) is 3.84. The molecular formula is C11H11FN4. The van der Waals surface area contributed by atoms with Crippen LogP contribution >= 0.6 is 0 Å². The molecule has 1 unspecified atom stereocenters. The van der Waals surface area contributed by atoms with E-state index in [1.54, 1.807) is 12.4 Å². The number of rotatable bonds is 3. The highest BCUT2D eigenvalue weighted by atomic mass is 19.1. The zero-order valence-corrected chi connectivity index (χ0v) is 8.76. The average molecular weight is 218 g/mol. The number of hydrogen-bond donors (Lipinski definition) is 1. The molecule has 4 nitrogen and oxygen atoms in total. The molecule has 2 aromatic rings. The molecule has 0 saturated carbocycles. The molecule has 0 radical (unpaired) electrons. The second-order valence-corrected chi connectivity index (χ2v) is 3.38. The van der Waals surface area contributed by atoms with Crippen LogP contribution in [0.25, 0.3) is 0 Å². The maximum atomic E-state index is 12.6. The summed E-state index contributed by atoms with van der Waals surface area (Å²) in [7, 11) is 0. The smallest absolute Gasteiger partial charge is 0.223 e. The first-order chi connectivity index (χ1) is 7.75. The lowest BCUT2D eigenvalue weighted by Gasteiger charge is -2.13. The molecule has 2 aromatic heterocycles. The SMILES string of the molecule is CC(Nc1ncc(F)cn1)c1cccnc1. The maximum Gasteiger partial charge on any atom is 0.223 e. The molecule has 0 fully saturated rings. The van der Waals surface area contributed by atoms with Crippen molar-refractivity contribution in [2.24, 2.45) is 0 Å². The summed E-state index contributed by atoms with van der Waals surface area (Å²) in [5, 5.41) is 3.06. The van der Waals surface area contributed by atoms with E-state index in [0.717, 1.165) is 18.0 Å². The molecule has 0 aliphatic carbocycles. The fourth-order valence-electron chi connectivity index (χ4n) is 1.30. The largest absolute Gasteiger partial charge is 0.348 e. The summed E-state index contributed by atoms with van der Waals surface area (Å²) in [6.45, 7) is 1.96. The van der Waals surface area contributed by atoms with E-state index in [-0.39, 0.29) is 6.04 Å². The first-order valence-corrected chi connectivity index (χ1v) is 4.90. The van der Waals surface area contributed by atoms with Crippen LogP contribution in [0.1, 0.15) is 18.5 Å². The first-order valence-electron chi connectivity index (χ1n) is 4.90. The van der Waals surface area contributed by atoms with Gasteiger partial charge >= 0.3 is 0 Å². The normalized spacial score (nSPS) is 12.1. The molecular weight excluding hydrogens is 207 g/mol. The van der Waals surface area contributed by atoms with Crippen molar-refractivity contribution in [2.45, 2.75) is 13.0 Å². The van der Waals surface area contributed by atoms with Crippen molar-refractivity contribution < 1.29 is 4.39 Å². The van der Waals surface area contributed by atoms with Crippen molar-refractivity contribution >= 4 is 5.95 Å². The van der Waals surface area contributed by atoms with E-state index in [9.17, 15) is 4.39 Å². The number of halogens is 1. The molecule has 0 aliphatic heterocycles. The van der Waals surface area contributed by atoms with Crippen molar-refractivity contribution in [3.8, 4) is 0 Å². The summed E-state index contributed by atoms with van der Waals surface area (Å²) in [6.07, 6.45) is 5.74. The molecule has 0 bridgehead atoms. The second kappa shape index (κ2) is 4.65. The van der Waals surface area contributed by atoms with Crippen LogP contribution in [0.2, 0.25) is 0 Å². The van der Waals surface area contributed by atoms with Gasteiger partial charge in [-0.15, -0.1) is 0 Å². The Morgan fingerprint density at radius 2 is 2.00 bits per heavy atom. The molecule has 0 amide bonds. The topological polar surface area (TPSA) is 50.7 Å². The van der Waals surface area contributed by atoms with Crippen LogP contribution in [-0.4, -0.2) is 15.0 Å². The Morgan fingerprint density at radius 3 is 2.62 bits per heavy atom. The highest BCUT2D eigenvalue weighted by molar-refractivity contribution is 5.29. The summed E-state index contributed by atoms with van der Waals surface area (Å²) < 4.78 is 12.6. The van der Waals surface area contributed by atoms with Gasteiger partial charge in [-0.05, 0) is 18.6 Å². The summed E-state index contributed by atoms with van der Waals surface area (Å²) in [4.78, 5) is 11.7. The average Bonchev–Trinajstić information content (AvgIpc) is 2.33. The van der Waals surface area contributed by atoms with Crippen molar-refractivity contribution in [3.05, 3.63) is 48.3 Å². The zero-order chi connectivity index (χ0) is 11.4. The van der Waals surface area contributed by atoms with Crippen LogP contribution in [0.5, 0.6) is 0 Å². The van der Waals surface area contributed by atoms with E-state index in [4.69, 9.17) is 0 Å². The van der Waals surface area contributed by atoms with Gasteiger partial charge < -0.3 is 5.32 Å². The van der Waals surface area contributed by atoms with E-state index in [2.05, 4.69) is 20.3 Å². The van der Waals surface area contributed by atoms with Gasteiger partial charge in [-0.2, -0.15) is 0 Å². The van der Waals surface area contributed by atoms with E-state index in [0.29, 0.717) is 5.95 Å². The summed E-state index contributed by atoms with van der Waals surface area (Å²) >= 11 is 0. The lowest BCUT2D eigenvalue weighted by atomic mass is 10.1. The quantitative estimate of drug-likeness (QED) is 0.857. The third-order valence-electron chi connectivity index (χ3n) is 2.15. The van der Waals surface area contributed by atoms with Crippen LogP contribution in [0.15, 0.2) is 36.9 Å². The van der Waals surface area contributed by atoms with Gasteiger partial charge in [0.1, 0.15) is 0 Å². The number of nitrogens with zero attached hydrogens (tertiary/aromatic N) is 3. The standard InChI is InChI=1S/C11H11FN4/c1-8(9-3-2-4-13-5-9)16-11-14-6-10(12)7-15-11/h2-8H,1H3,(H,14,15,16). The van der Waals surface area contributed by atoms with Crippen LogP contribution in [0, 0.1) is 5.82 Å². The number of nitrogens with one attached hydrogen (secondary N) is 1. The second-order valence-electron chi connectivity index (χ2n) is 3.38. The van der Waals surface area contributed by atoms with Crippen LogP contribution in [0.4, 0.5) is 10.3 Å². The third kappa shape index (κ3) is 2.50. The van der Waals surface area contributed by atoms with Gasteiger partial charge in [0.2, 0.25) is 5.95 Å². The monoisotopic (exact) mass is 218 g/mol. The Bertz CT molecular complexity index is 443. The molecule has 1 atom stereocenters. The molecule has 2 heterocycles. The molecule has 0 aliphatic rings. The van der Waals surface area contributed by atoms with Crippen molar-refractivity contribution in [2.75, 3.05) is 5.32 Å². The minimum absolute atomic E-state index is 0.0270. The molecule has 0 saturated heterocycles. The zero-order valence-electron chi connectivity index (χ0n) is 8.76. The van der Waals surface area contributed by atoms with Crippen molar-refractivity contribution in [1.82, 2.24) is 15.0 Å². The predicted octanol–water partition coefficient (Wildman–Crippen LogP) is 2.18. The van der Waals surface area contributed by atoms with E-state index < -0.39 is 5.82 Å². The lowest BCUT2D eigenvalue weighted by molar-refractivity contribution is 0.613.